The van der Waals surface area contributed by atoms with Gasteiger partial charge in [-0.05, 0) is 31.5 Å². The van der Waals surface area contributed by atoms with Gasteiger partial charge in [0.2, 0.25) is 0 Å². The molecule has 1 aromatic carbocycles. The Kier molecular flexibility index (Phi) is 3.93. The number of hydrogen-bond acceptors (Lipinski definition) is 4. The van der Waals surface area contributed by atoms with Crippen LogP contribution in [-0.2, 0) is 13.2 Å². The molecule has 0 saturated heterocycles. The molecule has 0 unspecified atom stereocenters. The zero-order valence-corrected chi connectivity index (χ0v) is 11.1. The van der Waals surface area contributed by atoms with E-state index < -0.39 is 5.82 Å². The van der Waals surface area contributed by atoms with Gasteiger partial charge in [0.15, 0.2) is 0 Å². The Morgan fingerprint density at radius 1 is 1.33 bits per heavy atom. The Morgan fingerprint density at radius 3 is 2.72 bits per heavy atom. The molecule has 0 atom stereocenters. The number of aromatic nitrogens is 1. The zero-order valence-electron chi connectivity index (χ0n) is 10.2. The van der Waals surface area contributed by atoms with E-state index in [4.69, 9.17) is 9.84 Å². The Labute approximate surface area is 109 Å². The number of aryl methyl sites for hydroxylation is 2. The third-order valence-electron chi connectivity index (χ3n) is 2.55. The molecule has 0 saturated carbocycles. The van der Waals surface area contributed by atoms with Crippen molar-refractivity contribution in [3.05, 3.63) is 45.2 Å². The van der Waals surface area contributed by atoms with Gasteiger partial charge in [-0.15, -0.1) is 11.3 Å². The summed E-state index contributed by atoms with van der Waals surface area (Å²) in [5.41, 5.74) is 1.49. The average molecular weight is 267 g/mol. The summed E-state index contributed by atoms with van der Waals surface area (Å²) in [4.78, 5) is 5.50. The topological polar surface area (TPSA) is 42.4 Å². The third-order valence-corrected chi connectivity index (χ3v) is 3.60. The highest BCUT2D eigenvalue weighted by Gasteiger charge is 2.06. The Bertz CT molecular complexity index is 534. The summed E-state index contributed by atoms with van der Waals surface area (Å²) >= 11 is 1.57. The molecule has 3 nitrogen and oxygen atoms in total. The van der Waals surface area contributed by atoms with Gasteiger partial charge in [-0.3, -0.25) is 0 Å². The van der Waals surface area contributed by atoms with Crippen molar-refractivity contribution in [2.24, 2.45) is 0 Å². The van der Waals surface area contributed by atoms with Crippen LogP contribution < -0.4 is 4.74 Å². The number of thiazole rings is 1. The van der Waals surface area contributed by atoms with E-state index in [1.165, 1.54) is 12.1 Å². The van der Waals surface area contributed by atoms with Crippen LogP contribution in [0.25, 0.3) is 0 Å². The van der Waals surface area contributed by atoms with Gasteiger partial charge < -0.3 is 9.84 Å². The lowest BCUT2D eigenvalue weighted by molar-refractivity contribution is 0.276. The van der Waals surface area contributed by atoms with Crippen molar-refractivity contribution in [1.82, 2.24) is 4.98 Å². The van der Waals surface area contributed by atoms with E-state index >= 15 is 0 Å². The quantitative estimate of drug-likeness (QED) is 0.926. The molecule has 1 aromatic heterocycles. The minimum Gasteiger partial charge on any atom is -0.486 e. The number of benzene rings is 1. The van der Waals surface area contributed by atoms with Crippen molar-refractivity contribution in [2.75, 3.05) is 0 Å². The molecular weight excluding hydrogens is 253 g/mol. The summed E-state index contributed by atoms with van der Waals surface area (Å²) in [6, 6.07) is 4.20. The minimum atomic E-state index is -0.414. The van der Waals surface area contributed by atoms with Crippen LogP contribution in [0.1, 0.15) is 21.1 Å². The lowest BCUT2D eigenvalue weighted by Crippen LogP contribution is -1.96. The normalized spacial score (nSPS) is 10.7. The largest absolute Gasteiger partial charge is 0.486 e. The predicted octanol–water partition coefficient (Wildman–Crippen LogP) is 2.97. The van der Waals surface area contributed by atoms with Gasteiger partial charge in [-0.25, -0.2) is 9.37 Å². The molecule has 1 heterocycles. The molecule has 2 aromatic rings. The number of hydrogen-bond donors (Lipinski definition) is 1. The maximum absolute atomic E-state index is 13.2. The summed E-state index contributed by atoms with van der Waals surface area (Å²) < 4.78 is 18.7. The predicted molar refractivity (Wildman–Crippen MR) is 68.2 cm³/mol. The molecule has 1 N–H and O–H groups in total. The number of aliphatic hydroxyl groups excluding tert-OH is 1. The van der Waals surface area contributed by atoms with E-state index in [0.717, 1.165) is 15.6 Å². The molecule has 0 fully saturated rings. The van der Waals surface area contributed by atoms with E-state index in [0.29, 0.717) is 17.9 Å². The molecule has 0 spiro atoms. The van der Waals surface area contributed by atoms with Crippen molar-refractivity contribution in [3.8, 4) is 5.75 Å². The molecule has 0 amide bonds. The van der Waals surface area contributed by atoms with E-state index in [-0.39, 0.29) is 6.61 Å². The van der Waals surface area contributed by atoms with Crippen LogP contribution in [0.15, 0.2) is 18.2 Å². The van der Waals surface area contributed by atoms with Crippen LogP contribution in [0.3, 0.4) is 0 Å². The van der Waals surface area contributed by atoms with Crippen molar-refractivity contribution in [2.45, 2.75) is 27.1 Å². The second-order valence-electron chi connectivity index (χ2n) is 3.99. The first kappa shape index (κ1) is 13.0. The molecule has 0 aliphatic heterocycles. The van der Waals surface area contributed by atoms with Crippen molar-refractivity contribution in [1.29, 1.82) is 0 Å². The van der Waals surface area contributed by atoms with E-state index in [9.17, 15) is 4.39 Å². The van der Waals surface area contributed by atoms with Gasteiger partial charge in [-0.1, -0.05) is 0 Å². The summed E-state index contributed by atoms with van der Waals surface area (Å²) in [5, 5.41) is 9.84. The minimum absolute atomic E-state index is 0.205. The lowest BCUT2D eigenvalue weighted by Gasteiger charge is -2.06. The van der Waals surface area contributed by atoms with Gasteiger partial charge in [0.05, 0.1) is 12.3 Å². The third kappa shape index (κ3) is 3.05. The fourth-order valence-corrected chi connectivity index (χ4v) is 2.39. The number of nitrogens with zero attached hydrogens (tertiary/aromatic N) is 1. The smallest absolute Gasteiger partial charge is 0.140 e. The number of rotatable bonds is 4. The van der Waals surface area contributed by atoms with E-state index in [1.807, 2.05) is 13.8 Å². The molecular formula is C13H14FNO2S. The monoisotopic (exact) mass is 267 g/mol. The molecule has 0 aliphatic carbocycles. The molecule has 5 heteroatoms. The average Bonchev–Trinajstić information content (AvgIpc) is 2.65. The first-order valence-corrected chi connectivity index (χ1v) is 6.36. The highest BCUT2D eigenvalue weighted by atomic mass is 32.1. The fourth-order valence-electron chi connectivity index (χ4n) is 1.54. The highest BCUT2D eigenvalue weighted by Crippen LogP contribution is 2.21. The van der Waals surface area contributed by atoms with Gasteiger partial charge in [-0.2, -0.15) is 0 Å². The number of halogens is 1. The summed E-state index contributed by atoms with van der Waals surface area (Å²) in [7, 11) is 0. The lowest BCUT2D eigenvalue weighted by atomic mass is 10.2. The summed E-state index contributed by atoms with van der Waals surface area (Å²) in [6.07, 6.45) is 0. The molecule has 96 valence electrons. The van der Waals surface area contributed by atoms with Crippen LogP contribution in [0, 0.1) is 19.7 Å². The molecule has 18 heavy (non-hydrogen) atoms. The van der Waals surface area contributed by atoms with Gasteiger partial charge in [0.25, 0.3) is 0 Å². The number of aliphatic hydroxyl groups is 1. The van der Waals surface area contributed by atoms with E-state index in [2.05, 4.69) is 4.98 Å². The fraction of sp³-hybridized carbons (Fsp3) is 0.308. The van der Waals surface area contributed by atoms with Crippen molar-refractivity contribution >= 4 is 11.3 Å². The standard InChI is InChI=1S/C13H14FNO2S/c1-8-9(2)18-13(15-8)7-17-12-4-10(6-16)3-11(14)5-12/h3-5,16H,6-7H2,1-2H3. The maximum atomic E-state index is 13.2. The highest BCUT2D eigenvalue weighted by molar-refractivity contribution is 7.11. The second-order valence-corrected chi connectivity index (χ2v) is 5.28. The summed E-state index contributed by atoms with van der Waals surface area (Å²) in [5.74, 6) is -0.00685. The van der Waals surface area contributed by atoms with E-state index in [1.54, 1.807) is 17.4 Å². The Balaban J connectivity index is 2.07. The Morgan fingerprint density at radius 2 is 2.11 bits per heavy atom. The van der Waals surface area contributed by atoms with Crippen LogP contribution in [0.5, 0.6) is 5.75 Å². The maximum Gasteiger partial charge on any atom is 0.140 e. The van der Waals surface area contributed by atoms with Crippen LogP contribution in [0.2, 0.25) is 0 Å². The summed E-state index contributed by atoms with van der Waals surface area (Å²) in [6.45, 7) is 4.06. The van der Waals surface area contributed by atoms with Gasteiger partial charge in [0.1, 0.15) is 23.2 Å². The van der Waals surface area contributed by atoms with Crippen molar-refractivity contribution < 1.29 is 14.2 Å². The molecule has 2 rings (SSSR count). The zero-order chi connectivity index (χ0) is 13.1. The first-order chi connectivity index (χ1) is 8.58. The first-order valence-electron chi connectivity index (χ1n) is 5.54. The van der Waals surface area contributed by atoms with Gasteiger partial charge in [0, 0.05) is 10.9 Å². The molecule has 0 radical (unpaired) electrons. The van der Waals surface area contributed by atoms with Crippen molar-refractivity contribution in [3.63, 3.8) is 0 Å². The SMILES string of the molecule is Cc1nc(COc2cc(F)cc(CO)c2)sc1C. The van der Waals surface area contributed by atoms with Gasteiger partial charge >= 0.3 is 0 Å². The van der Waals surface area contributed by atoms with Crippen LogP contribution in [-0.4, -0.2) is 10.1 Å². The van der Waals surface area contributed by atoms with Crippen LogP contribution >= 0.6 is 11.3 Å². The second kappa shape index (κ2) is 5.46. The molecule has 0 bridgehead atoms. The Hall–Kier alpha value is -1.46. The van der Waals surface area contributed by atoms with Crippen LogP contribution in [0.4, 0.5) is 4.39 Å². The number of ether oxygens (including phenoxy) is 1. The molecule has 0 aliphatic rings.